The Balaban J connectivity index is 2.03. The van der Waals surface area contributed by atoms with Crippen LogP contribution in [0.25, 0.3) is 0 Å². The second-order valence-electron chi connectivity index (χ2n) is 7.63. The lowest BCUT2D eigenvalue weighted by Gasteiger charge is -2.39. The van der Waals surface area contributed by atoms with Gasteiger partial charge in [-0.05, 0) is 38.0 Å². The van der Waals surface area contributed by atoms with Crippen molar-refractivity contribution in [2.24, 2.45) is 4.99 Å². The lowest BCUT2D eigenvalue weighted by Crippen LogP contribution is -2.45. The molecule has 1 amide bonds. The summed E-state index contributed by atoms with van der Waals surface area (Å²) in [4.78, 5) is 32.2. The molecule has 0 saturated carbocycles. The summed E-state index contributed by atoms with van der Waals surface area (Å²) in [7, 11) is 1.54. The number of rotatable bonds is 11. The van der Waals surface area contributed by atoms with Crippen molar-refractivity contribution in [2.75, 3.05) is 39.3 Å². The summed E-state index contributed by atoms with van der Waals surface area (Å²) in [6.07, 6.45) is 2.34. The number of unbranched alkanes of at least 4 members (excludes halogenated alkanes) is 1. The molecular weight excluding hydrogens is 444 g/mol. The lowest BCUT2D eigenvalue weighted by molar-refractivity contribution is -0.141. The fourth-order valence-electron chi connectivity index (χ4n) is 3.68. The summed E-state index contributed by atoms with van der Waals surface area (Å²) >= 11 is 1.51. The molecule has 1 saturated heterocycles. The van der Waals surface area contributed by atoms with Crippen LogP contribution in [0, 0.1) is 0 Å². The average Bonchev–Trinajstić information content (AvgIpc) is 2.79. The molecule has 1 atom stereocenters. The molecule has 33 heavy (non-hydrogen) atoms. The minimum absolute atomic E-state index is 0.0755. The molecule has 0 spiro atoms. The Kier molecular flexibility index (Phi) is 9.20. The first kappa shape index (κ1) is 25.1. The predicted molar refractivity (Wildman–Crippen MR) is 128 cm³/mol. The Bertz CT molecular complexity index is 930. The molecule has 1 aromatic carbocycles. The molecule has 1 aromatic rings. The highest BCUT2D eigenvalue weighted by atomic mass is 32.2. The van der Waals surface area contributed by atoms with Crippen molar-refractivity contribution in [3.63, 3.8) is 0 Å². The molecule has 2 aliphatic rings. The van der Waals surface area contributed by atoms with E-state index in [4.69, 9.17) is 18.9 Å². The summed E-state index contributed by atoms with van der Waals surface area (Å²) < 4.78 is 22.2. The number of esters is 1. The number of hydrogen-bond acceptors (Lipinski definition) is 8. The number of ether oxygens (including phenoxy) is 4. The van der Waals surface area contributed by atoms with E-state index in [0.717, 1.165) is 18.4 Å². The van der Waals surface area contributed by atoms with Crippen LogP contribution in [0.5, 0.6) is 11.5 Å². The van der Waals surface area contributed by atoms with Crippen LogP contribution in [-0.4, -0.2) is 61.2 Å². The van der Waals surface area contributed by atoms with E-state index < -0.39 is 12.0 Å². The van der Waals surface area contributed by atoms with E-state index in [0.29, 0.717) is 53.3 Å². The molecule has 3 rings (SSSR count). The third-order valence-electron chi connectivity index (χ3n) is 5.29. The lowest BCUT2D eigenvalue weighted by atomic mass is 9.93. The van der Waals surface area contributed by atoms with Crippen molar-refractivity contribution in [1.29, 1.82) is 0 Å². The van der Waals surface area contributed by atoms with Gasteiger partial charge in [-0.1, -0.05) is 31.2 Å². The van der Waals surface area contributed by atoms with Crippen LogP contribution in [0.4, 0.5) is 0 Å². The molecule has 0 radical (unpaired) electrons. The average molecular weight is 477 g/mol. The highest BCUT2D eigenvalue weighted by molar-refractivity contribution is 8.14. The maximum Gasteiger partial charge on any atom is 0.338 e. The van der Waals surface area contributed by atoms with Gasteiger partial charge in [0.25, 0.3) is 0 Å². The van der Waals surface area contributed by atoms with Crippen molar-refractivity contribution in [1.82, 2.24) is 4.90 Å². The van der Waals surface area contributed by atoms with Crippen LogP contribution in [0.3, 0.4) is 0 Å². The Hall–Kier alpha value is -2.52. The van der Waals surface area contributed by atoms with Crippen LogP contribution in [0.1, 0.15) is 51.6 Å². The number of thioether (sulfide) groups is 1. The van der Waals surface area contributed by atoms with Gasteiger partial charge >= 0.3 is 5.97 Å². The highest BCUT2D eigenvalue weighted by Gasteiger charge is 2.42. The molecule has 180 valence electrons. The van der Waals surface area contributed by atoms with E-state index in [1.165, 1.54) is 11.8 Å². The fraction of sp³-hybridized carbons (Fsp3) is 0.542. The highest BCUT2D eigenvalue weighted by Crippen LogP contribution is 2.42. The number of nitrogens with zero attached hydrogens (tertiary/aromatic N) is 2. The maximum atomic E-state index is 13.1. The first-order valence-corrected chi connectivity index (χ1v) is 12.3. The standard InChI is InChI=1S/C24H32N2O6S/c1-5-7-11-31-18-9-8-17(15-19(18)30-6-2)22-21(23(28)32-13-12-29-4)16(3)25-24-26(22)20(27)10-14-33-24/h8-9,15,22H,5-7,10-14H2,1-4H3. The van der Waals surface area contributed by atoms with Gasteiger partial charge in [0.05, 0.1) is 37.1 Å². The number of aliphatic imine (C=N–C) groups is 1. The summed E-state index contributed by atoms with van der Waals surface area (Å²) in [6.45, 7) is 7.24. The van der Waals surface area contributed by atoms with Gasteiger partial charge in [-0.3, -0.25) is 9.69 Å². The predicted octanol–water partition coefficient (Wildman–Crippen LogP) is 4.10. The summed E-state index contributed by atoms with van der Waals surface area (Å²) in [6, 6.07) is 4.91. The molecule has 8 nitrogen and oxygen atoms in total. The molecule has 2 aliphatic heterocycles. The smallest absolute Gasteiger partial charge is 0.338 e. The van der Waals surface area contributed by atoms with Gasteiger partial charge in [0.15, 0.2) is 16.7 Å². The molecule has 1 unspecified atom stereocenters. The van der Waals surface area contributed by atoms with Crippen molar-refractivity contribution >= 4 is 28.8 Å². The molecule has 1 fully saturated rings. The third kappa shape index (κ3) is 5.89. The number of fused-ring (bicyclic) bond motifs is 1. The minimum atomic E-state index is -0.656. The monoisotopic (exact) mass is 476 g/mol. The van der Waals surface area contributed by atoms with E-state index in [-0.39, 0.29) is 19.1 Å². The molecule has 0 bridgehead atoms. The Morgan fingerprint density at radius 1 is 1.18 bits per heavy atom. The first-order chi connectivity index (χ1) is 16.0. The number of allylic oxidation sites excluding steroid dienone is 1. The summed E-state index contributed by atoms with van der Waals surface area (Å²) in [5.74, 6) is 1.30. The van der Waals surface area contributed by atoms with Crippen LogP contribution >= 0.6 is 11.8 Å². The summed E-state index contributed by atoms with van der Waals surface area (Å²) in [5, 5.41) is 0.600. The topological polar surface area (TPSA) is 86.7 Å². The normalized spacial score (nSPS) is 18.1. The Morgan fingerprint density at radius 3 is 2.73 bits per heavy atom. The first-order valence-electron chi connectivity index (χ1n) is 11.3. The van der Waals surface area contributed by atoms with Gasteiger partial charge in [-0.15, -0.1) is 0 Å². The number of carbonyl (C=O) groups excluding carboxylic acids is 2. The van der Waals surface area contributed by atoms with Gasteiger partial charge in [-0.25, -0.2) is 9.79 Å². The maximum absolute atomic E-state index is 13.1. The second-order valence-corrected chi connectivity index (χ2v) is 8.69. The zero-order valence-corrected chi connectivity index (χ0v) is 20.5. The molecule has 0 N–H and O–H groups in total. The quantitative estimate of drug-likeness (QED) is 0.351. The zero-order valence-electron chi connectivity index (χ0n) is 19.7. The van der Waals surface area contributed by atoms with E-state index in [1.807, 2.05) is 25.1 Å². The van der Waals surface area contributed by atoms with Gasteiger partial charge < -0.3 is 18.9 Å². The third-order valence-corrected chi connectivity index (χ3v) is 6.24. The van der Waals surface area contributed by atoms with Gasteiger partial charge in [-0.2, -0.15) is 0 Å². The summed E-state index contributed by atoms with van der Waals surface area (Å²) in [5.41, 5.74) is 1.62. The Labute approximate surface area is 199 Å². The van der Waals surface area contributed by atoms with Crippen LogP contribution in [0.15, 0.2) is 34.5 Å². The van der Waals surface area contributed by atoms with E-state index in [1.54, 1.807) is 18.9 Å². The van der Waals surface area contributed by atoms with Gasteiger partial charge in [0, 0.05) is 19.3 Å². The number of carbonyl (C=O) groups is 2. The minimum Gasteiger partial charge on any atom is -0.490 e. The van der Waals surface area contributed by atoms with E-state index in [9.17, 15) is 9.59 Å². The van der Waals surface area contributed by atoms with Crippen molar-refractivity contribution in [3.05, 3.63) is 35.0 Å². The van der Waals surface area contributed by atoms with Gasteiger partial charge in [0.2, 0.25) is 5.91 Å². The van der Waals surface area contributed by atoms with E-state index >= 15 is 0 Å². The van der Waals surface area contributed by atoms with Crippen molar-refractivity contribution in [2.45, 2.75) is 46.1 Å². The number of amides is 1. The second kappa shape index (κ2) is 12.1. The number of methoxy groups -OCH3 is 1. The Morgan fingerprint density at radius 2 is 2.00 bits per heavy atom. The van der Waals surface area contributed by atoms with Crippen LogP contribution < -0.4 is 9.47 Å². The molecular formula is C24H32N2O6S. The molecule has 0 aromatic heterocycles. The SMILES string of the molecule is CCCCOc1ccc(C2C(C(=O)OCCOC)=C(C)N=C3SCCC(=O)N32)cc1OCC. The van der Waals surface area contributed by atoms with Crippen LogP contribution in [-0.2, 0) is 19.1 Å². The number of benzene rings is 1. The molecule has 0 aliphatic carbocycles. The number of amidine groups is 1. The number of hydrogen-bond donors (Lipinski definition) is 0. The largest absolute Gasteiger partial charge is 0.490 e. The zero-order chi connectivity index (χ0) is 23.8. The van der Waals surface area contributed by atoms with Gasteiger partial charge in [0.1, 0.15) is 6.61 Å². The molecule has 2 heterocycles. The van der Waals surface area contributed by atoms with Crippen LogP contribution in [0.2, 0.25) is 0 Å². The molecule has 9 heteroatoms. The van der Waals surface area contributed by atoms with Crippen molar-refractivity contribution in [3.8, 4) is 11.5 Å². The fourth-order valence-corrected chi connectivity index (χ4v) is 4.68. The van der Waals surface area contributed by atoms with E-state index in [2.05, 4.69) is 11.9 Å². The van der Waals surface area contributed by atoms with Crippen molar-refractivity contribution < 1.29 is 28.5 Å².